The normalized spacial score (nSPS) is 12.3. The van der Waals surface area contributed by atoms with E-state index < -0.39 is 6.10 Å². The van der Waals surface area contributed by atoms with Crippen LogP contribution in [-0.2, 0) is 28.6 Å². The maximum absolute atomic E-state index is 12.9. The molecule has 0 aliphatic heterocycles. The number of carbonyl (C=O) groups is 3. The summed E-state index contributed by atoms with van der Waals surface area (Å²) in [6.07, 6.45) is 83.0. The van der Waals surface area contributed by atoms with E-state index >= 15 is 0 Å². The summed E-state index contributed by atoms with van der Waals surface area (Å²) in [6.45, 7) is 6.63. The van der Waals surface area contributed by atoms with Gasteiger partial charge in [0.2, 0.25) is 0 Å². The van der Waals surface area contributed by atoms with Gasteiger partial charge in [0.1, 0.15) is 13.2 Å². The van der Waals surface area contributed by atoms with Crippen LogP contribution in [0, 0.1) is 0 Å². The molecule has 6 nitrogen and oxygen atoms in total. The van der Waals surface area contributed by atoms with Crippen LogP contribution in [0.2, 0.25) is 0 Å². The van der Waals surface area contributed by atoms with E-state index in [0.29, 0.717) is 19.3 Å². The lowest BCUT2D eigenvalue weighted by Crippen LogP contribution is -2.30. The monoisotopic (exact) mass is 1080 g/mol. The third kappa shape index (κ3) is 64.1. The third-order valence-corrected chi connectivity index (χ3v) is 15.3. The predicted octanol–water partition coefficient (Wildman–Crippen LogP) is 23.3. The molecular formula is C71H130O6. The van der Waals surface area contributed by atoms with Gasteiger partial charge in [-0.05, 0) is 83.5 Å². The van der Waals surface area contributed by atoms with Gasteiger partial charge in [-0.2, -0.15) is 0 Å². The highest BCUT2D eigenvalue weighted by Gasteiger charge is 2.19. The molecule has 0 saturated carbocycles. The average Bonchev–Trinajstić information content (AvgIpc) is 3.43. The van der Waals surface area contributed by atoms with Crippen LogP contribution in [0.1, 0.15) is 367 Å². The van der Waals surface area contributed by atoms with Gasteiger partial charge < -0.3 is 14.2 Å². The van der Waals surface area contributed by atoms with E-state index in [1.54, 1.807) is 0 Å². The molecule has 450 valence electrons. The summed E-state index contributed by atoms with van der Waals surface area (Å²) in [6, 6.07) is 0. The fourth-order valence-electron chi connectivity index (χ4n) is 10.2. The zero-order chi connectivity index (χ0) is 55.7. The molecule has 0 aromatic rings. The number of rotatable bonds is 63. The molecule has 0 aromatic carbocycles. The largest absolute Gasteiger partial charge is 0.462 e. The number of unbranched alkanes of at least 4 members (excludes halogenated alkanes) is 44. The SMILES string of the molecule is CCCCC/C=C\C/C=C\CCCCCCCCCC(=O)OC(COC(=O)CCCCCCCCCCC)COC(=O)CCCCCCCCCCCCCCCCCCCCCCC/C=C\C/C=C\CCCCCCC. The molecule has 0 aromatic heterocycles. The standard InChI is InChI=1S/C71H130O6/c1-4-7-10-13-16-19-21-23-25-27-28-29-30-31-32-33-34-35-36-37-38-39-40-41-42-44-45-47-49-52-55-58-61-64-70(73)76-67-68(66-75-69(72)63-60-57-54-51-18-15-12-9-6-3)77-71(74)65-62-59-56-53-50-48-46-43-26-24-22-20-17-14-11-8-5-2/h17,20-21,23-24,26-28,68H,4-16,18-19,22,25,29-67H2,1-3H3/b20-17-,23-21-,26-24-,28-27-. The Morgan fingerprint density at radius 1 is 0.260 bits per heavy atom. The molecule has 6 heteroatoms. The van der Waals surface area contributed by atoms with E-state index in [2.05, 4.69) is 69.4 Å². The van der Waals surface area contributed by atoms with Crippen LogP contribution < -0.4 is 0 Å². The van der Waals surface area contributed by atoms with Crippen LogP contribution >= 0.6 is 0 Å². The minimum atomic E-state index is -0.773. The van der Waals surface area contributed by atoms with Gasteiger partial charge in [-0.25, -0.2) is 0 Å². The summed E-state index contributed by atoms with van der Waals surface area (Å²) in [5, 5.41) is 0. The molecule has 0 fully saturated rings. The smallest absolute Gasteiger partial charge is 0.306 e. The second kappa shape index (κ2) is 65.9. The van der Waals surface area contributed by atoms with Crippen molar-refractivity contribution in [1.29, 1.82) is 0 Å². The Bertz CT molecular complexity index is 1330. The second-order valence-electron chi connectivity index (χ2n) is 23.1. The predicted molar refractivity (Wildman–Crippen MR) is 335 cm³/mol. The van der Waals surface area contributed by atoms with Gasteiger partial charge in [0.05, 0.1) is 0 Å². The number of hydrogen-bond donors (Lipinski definition) is 0. The lowest BCUT2D eigenvalue weighted by molar-refractivity contribution is -0.167. The van der Waals surface area contributed by atoms with Crippen molar-refractivity contribution in [2.45, 2.75) is 374 Å². The molecule has 0 spiro atoms. The van der Waals surface area contributed by atoms with Gasteiger partial charge >= 0.3 is 17.9 Å². The fourth-order valence-corrected chi connectivity index (χ4v) is 10.2. The molecule has 0 aliphatic rings. The molecule has 0 amide bonds. The molecule has 0 heterocycles. The van der Waals surface area contributed by atoms with E-state index in [-0.39, 0.29) is 31.1 Å². The van der Waals surface area contributed by atoms with Crippen LogP contribution in [-0.4, -0.2) is 37.2 Å². The minimum absolute atomic E-state index is 0.0714. The summed E-state index contributed by atoms with van der Waals surface area (Å²) in [7, 11) is 0. The summed E-state index contributed by atoms with van der Waals surface area (Å²) >= 11 is 0. The van der Waals surface area contributed by atoms with Crippen LogP contribution in [0.15, 0.2) is 48.6 Å². The Morgan fingerprint density at radius 2 is 0.468 bits per heavy atom. The van der Waals surface area contributed by atoms with Crippen LogP contribution in [0.5, 0.6) is 0 Å². The van der Waals surface area contributed by atoms with E-state index in [0.717, 1.165) is 77.0 Å². The number of carbonyl (C=O) groups excluding carboxylic acids is 3. The third-order valence-electron chi connectivity index (χ3n) is 15.3. The average molecular weight is 1080 g/mol. The molecular weight excluding hydrogens is 949 g/mol. The van der Waals surface area contributed by atoms with Crippen molar-refractivity contribution in [3.63, 3.8) is 0 Å². The Balaban J connectivity index is 4.03. The van der Waals surface area contributed by atoms with Crippen molar-refractivity contribution < 1.29 is 28.6 Å². The number of allylic oxidation sites excluding steroid dienone is 8. The first-order valence-corrected chi connectivity index (χ1v) is 34.1. The van der Waals surface area contributed by atoms with Crippen LogP contribution in [0.4, 0.5) is 0 Å². The topological polar surface area (TPSA) is 78.9 Å². The lowest BCUT2D eigenvalue weighted by atomic mass is 10.0. The molecule has 0 radical (unpaired) electrons. The highest BCUT2D eigenvalue weighted by molar-refractivity contribution is 5.71. The van der Waals surface area contributed by atoms with E-state index in [1.807, 2.05) is 0 Å². The zero-order valence-corrected chi connectivity index (χ0v) is 51.7. The Hall–Kier alpha value is -2.63. The number of hydrogen-bond acceptors (Lipinski definition) is 6. The van der Waals surface area contributed by atoms with Crippen molar-refractivity contribution in [1.82, 2.24) is 0 Å². The molecule has 1 unspecified atom stereocenters. The first-order chi connectivity index (χ1) is 38.0. The van der Waals surface area contributed by atoms with Crippen LogP contribution in [0.25, 0.3) is 0 Å². The number of ether oxygens (including phenoxy) is 3. The van der Waals surface area contributed by atoms with Crippen molar-refractivity contribution in [3.8, 4) is 0 Å². The van der Waals surface area contributed by atoms with E-state index in [9.17, 15) is 14.4 Å². The van der Waals surface area contributed by atoms with Gasteiger partial charge in [-0.1, -0.05) is 313 Å². The lowest BCUT2D eigenvalue weighted by Gasteiger charge is -2.18. The molecule has 0 N–H and O–H groups in total. The second-order valence-corrected chi connectivity index (χ2v) is 23.1. The minimum Gasteiger partial charge on any atom is -0.462 e. The maximum atomic E-state index is 12.9. The van der Waals surface area contributed by atoms with Gasteiger partial charge in [0.25, 0.3) is 0 Å². The van der Waals surface area contributed by atoms with Gasteiger partial charge in [0, 0.05) is 19.3 Å². The van der Waals surface area contributed by atoms with Crippen molar-refractivity contribution in [3.05, 3.63) is 48.6 Å². The summed E-state index contributed by atoms with van der Waals surface area (Å²) in [5.41, 5.74) is 0. The van der Waals surface area contributed by atoms with Gasteiger partial charge in [0.15, 0.2) is 6.10 Å². The van der Waals surface area contributed by atoms with Crippen molar-refractivity contribution >= 4 is 17.9 Å². The summed E-state index contributed by atoms with van der Waals surface area (Å²) in [5.74, 6) is -0.861. The Morgan fingerprint density at radius 3 is 0.740 bits per heavy atom. The van der Waals surface area contributed by atoms with Crippen LogP contribution in [0.3, 0.4) is 0 Å². The summed E-state index contributed by atoms with van der Waals surface area (Å²) in [4.78, 5) is 38.2. The zero-order valence-electron chi connectivity index (χ0n) is 51.7. The van der Waals surface area contributed by atoms with E-state index in [1.165, 1.54) is 250 Å². The molecule has 0 rings (SSSR count). The van der Waals surface area contributed by atoms with E-state index in [4.69, 9.17) is 14.2 Å². The highest BCUT2D eigenvalue weighted by atomic mass is 16.6. The quantitative estimate of drug-likeness (QED) is 0.0261. The van der Waals surface area contributed by atoms with Gasteiger partial charge in [-0.15, -0.1) is 0 Å². The molecule has 1 atom stereocenters. The first-order valence-electron chi connectivity index (χ1n) is 34.1. The Kier molecular flexibility index (Phi) is 63.6. The van der Waals surface area contributed by atoms with Crippen molar-refractivity contribution in [2.24, 2.45) is 0 Å². The fraction of sp³-hybridized carbons (Fsp3) is 0.845. The highest BCUT2D eigenvalue weighted by Crippen LogP contribution is 2.18. The summed E-state index contributed by atoms with van der Waals surface area (Å²) < 4.78 is 16.9. The molecule has 77 heavy (non-hydrogen) atoms. The molecule has 0 bridgehead atoms. The molecule has 0 aliphatic carbocycles. The van der Waals surface area contributed by atoms with Gasteiger partial charge in [-0.3, -0.25) is 14.4 Å². The molecule has 0 saturated heterocycles. The van der Waals surface area contributed by atoms with Crippen molar-refractivity contribution in [2.75, 3.05) is 13.2 Å². The maximum Gasteiger partial charge on any atom is 0.306 e. The first kappa shape index (κ1) is 74.4. The Labute approximate surface area is 479 Å². The number of esters is 3.